The van der Waals surface area contributed by atoms with Gasteiger partial charge in [0.25, 0.3) is 5.92 Å². The van der Waals surface area contributed by atoms with Gasteiger partial charge < -0.3 is 15.0 Å². The topological polar surface area (TPSA) is 57.5 Å². The zero-order valence-corrected chi connectivity index (χ0v) is 17.3. The minimum absolute atomic E-state index is 0.182. The Bertz CT molecular complexity index is 1050. The molecule has 2 aromatic rings. The van der Waals surface area contributed by atoms with Crippen LogP contribution in [0.5, 0.6) is 0 Å². The number of benzene rings is 1. The van der Waals surface area contributed by atoms with Crippen LogP contribution in [0.4, 0.5) is 8.78 Å². The summed E-state index contributed by atoms with van der Waals surface area (Å²) >= 11 is 0. The van der Waals surface area contributed by atoms with Crippen molar-refractivity contribution in [3.8, 4) is 0 Å². The van der Waals surface area contributed by atoms with Crippen molar-refractivity contribution in [1.29, 1.82) is 0 Å². The molecule has 2 aliphatic heterocycles. The molecular formula is C23H27F2N3O2. The fourth-order valence-corrected chi connectivity index (χ4v) is 5.50. The molecular weight excluding hydrogens is 388 g/mol. The van der Waals surface area contributed by atoms with Crippen molar-refractivity contribution in [3.05, 3.63) is 41.1 Å². The zero-order chi connectivity index (χ0) is 21.2. The molecule has 1 aromatic heterocycles. The molecule has 0 bridgehead atoms. The molecule has 30 heavy (non-hydrogen) atoms. The van der Waals surface area contributed by atoms with Crippen molar-refractivity contribution in [2.24, 2.45) is 5.92 Å². The molecule has 0 spiro atoms. The van der Waals surface area contributed by atoms with Crippen LogP contribution in [0.3, 0.4) is 0 Å². The molecule has 0 radical (unpaired) electrons. The number of aliphatic hydroxyl groups excluding tert-OH is 1. The molecule has 7 heteroatoms. The number of hydrogen-bond acceptors (Lipinski definition) is 3. The summed E-state index contributed by atoms with van der Waals surface area (Å²) in [6.07, 6.45) is 5.17. The van der Waals surface area contributed by atoms with Crippen LogP contribution in [-0.2, 0) is 24.2 Å². The van der Waals surface area contributed by atoms with Gasteiger partial charge in [0.1, 0.15) is 6.04 Å². The van der Waals surface area contributed by atoms with E-state index in [0.29, 0.717) is 13.5 Å². The Morgan fingerprint density at radius 2 is 2.20 bits per heavy atom. The Labute approximate surface area is 174 Å². The SMILES string of the molecule is CN1CC(C(=O)NC(CO)C(C)(F)F)C=C2c3cccc4c3c(c3n4CCC3)CC21. The fraction of sp³-hybridized carbons (Fsp3) is 0.522. The summed E-state index contributed by atoms with van der Waals surface area (Å²) in [6, 6.07) is 4.96. The number of hydrogen-bond donors (Lipinski definition) is 2. The standard InChI is InChI=1S/C23H27F2N3O2/c1-23(24,25)20(12-29)26-22(30)13-9-15-14-5-3-6-18-21(14)16(10-19(15)27(2)11-13)17-7-4-8-28(17)18/h3,5-6,9,13,19-20,29H,4,7-8,10-12H2,1-2H3,(H,26,30). The minimum atomic E-state index is -3.18. The van der Waals surface area contributed by atoms with Gasteiger partial charge in [-0.1, -0.05) is 18.2 Å². The van der Waals surface area contributed by atoms with Crippen molar-refractivity contribution in [2.45, 2.75) is 50.7 Å². The molecule has 1 amide bonds. The summed E-state index contributed by atoms with van der Waals surface area (Å²) in [6.45, 7) is 1.43. The highest BCUT2D eigenvalue weighted by Gasteiger charge is 2.40. The molecule has 1 aliphatic carbocycles. The van der Waals surface area contributed by atoms with E-state index in [1.54, 1.807) is 0 Å². The first-order chi connectivity index (χ1) is 14.3. The third kappa shape index (κ3) is 2.90. The van der Waals surface area contributed by atoms with Crippen LogP contribution in [0.1, 0.15) is 30.2 Å². The van der Waals surface area contributed by atoms with Gasteiger partial charge in [-0.05, 0) is 49.1 Å². The number of aryl methyl sites for hydroxylation is 1. The molecule has 0 fully saturated rings. The van der Waals surface area contributed by atoms with Gasteiger partial charge in [-0.2, -0.15) is 0 Å². The van der Waals surface area contributed by atoms with Crippen molar-refractivity contribution in [3.63, 3.8) is 0 Å². The first-order valence-corrected chi connectivity index (χ1v) is 10.6. The molecule has 2 N–H and O–H groups in total. The summed E-state index contributed by atoms with van der Waals surface area (Å²) in [5, 5.41) is 12.9. The lowest BCUT2D eigenvalue weighted by molar-refractivity contribution is -0.129. The Balaban J connectivity index is 1.54. The van der Waals surface area contributed by atoms with Gasteiger partial charge in [0.2, 0.25) is 5.91 Å². The van der Waals surface area contributed by atoms with Crippen LogP contribution in [0, 0.1) is 5.92 Å². The van der Waals surface area contributed by atoms with E-state index in [1.165, 1.54) is 28.6 Å². The molecule has 0 saturated heterocycles. The molecule has 5 nitrogen and oxygen atoms in total. The van der Waals surface area contributed by atoms with Crippen LogP contribution in [0.25, 0.3) is 16.5 Å². The Kier molecular flexibility index (Phi) is 4.52. The Morgan fingerprint density at radius 1 is 1.40 bits per heavy atom. The average Bonchev–Trinajstić information content (AvgIpc) is 3.29. The van der Waals surface area contributed by atoms with Crippen molar-refractivity contribution in [1.82, 2.24) is 14.8 Å². The number of rotatable bonds is 4. The van der Waals surface area contributed by atoms with Crippen molar-refractivity contribution >= 4 is 22.4 Å². The van der Waals surface area contributed by atoms with Crippen LogP contribution in [-0.4, -0.2) is 58.7 Å². The second kappa shape index (κ2) is 6.89. The van der Waals surface area contributed by atoms with E-state index in [-0.39, 0.29) is 6.04 Å². The Morgan fingerprint density at radius 3 is 2.93 bits per heavy atom. The maximum atomic E-state index is 13.7. The molecule has 3 aliphatic rings. The molecule has 1 aromatic carbocycles. The number of carbonyl (C=O) groups is 1. The molecule has 5 rings (SSSR count). The summed E-state index contributed by atoms with van der Waals surface area (Å²) in [5.74, 6) is -4.19. The quantitative estimate of drug-likeness (QED) is 0.807. The maximum absolute atomic E-state index is 13.7. The lowest BCUT2D eigenvalue weighted by Crippen LogP contribution is -2.53. The summed E-state index contributed by atoms with van der Waals surface area (Å²) < 4.78 is 29.7. The number of carbonyl (C=O) groups excluding carboxylic acids is 1. The second-order valence-electron chi connectivity index (χ2n) is 8.97. The van der Waals surface area contributed by atoms with Gasteiger partial charge in [0, 0.05) is 42.7 Å². The lowest BCUT2D eigenvalue weighted by atomic mass is 9.79. The smallest absolute Gasteiger partial charge is 0.267 e. The van der Waals surface area contributed by atoms with E-state index in [1.807, 2.05) is 13.1 Å². The number of aliphatic hydroxyl groups is 1. The maximum Gasteiger partial charge on any atom is 0.267 e. The number of nitrogens with zero attached hydrogens (tertiary/aromatic N) is 2. The number of aromatic nitrogens is 1. The third-order valence-electron chi connectivity index (χ3n) is 7.02. The van der Waals surface area contributed by atoms with Gasteiger partial charge >= 0.3 is 0 Å². The third-order valence-corrected chi connectivity index (χ3v) is 7.02. The highest BCUT2D eigenvalue weighted by molar-refractivity contribution is 6.00. The van der Waals surface area contributed by atoms with Gasteiger partial charge in [0.15, 0.2) is 0 Å². The number of likely N-dealkylation sites (N-methyl/N-ethyl adjacent to an activating group) is 1. The van der Waals surface area contributed by atoms with Crippen LogP contribution < -0.4 is 5.32 Å². The number of nitrogens with one attached hydrogen (secondary N) is 1. The fourth-order valence-electron chi connectivity index (χ4n) is 5.50. The number of halogens is 2. The van der Waals surface area contributed by atoms with Gasteiger partial charge in [0.05, 0.1) is 12.5 Å². The molecule has 3 unspecified atom stereocenters. The average molecular weight is 415 g/mol. The van der Waals surface area contributed by atoms with Crippen molar-refractivity contribution in [2.75, 3.05) is 20.2 Å². The lowest BCUT2D eigenvalue weighted by Gasteiger charge is -2.40. The first-order valence-electron chi connectivity index (χ1n) is 10.6. The normalized spacial score (nSPS) is 24.4. The summed E-state index contributed by atoms with van der Waals surface area (Å²) in [4.78, 5) is 15.0. The second-order valence-corrected chi connectivity index (χ2v) is 8.97. The van der Waals surface area contributed by atoms with Gasteiger partial charge in [-0.25, -0.2) is 8.78 Å². The van der Waals surface area contributed by atoms with E-state index in [4.69, 9.17) is 0 Å². The minimum Gasteiger partial charge on any atom is -0.394 e. The van der Waals surface area contributed by atoms with E-state index in [9.17, 15) is 18.7 Å². The number of alkyl halides is 2. The monoisotopic (exact) mass is 415 g/mol. The number of amides is 1. The Hall–Kier alpha value is -2.25. The van der Waals surface area contributed by atoms with E-state index in [2.05, 4.69) is 33.0 Å². The summed E-state index contributed by atoms with van der Waals surface area (Å²) in [7, 11) is 2.00. The van der Waals surface area contributed by atoms with Gasteiger partial charge in [-0.3, -0.25) is 9.69 Å². The van der Waals surface area contributed by atoms with Gasteiger partial charge in [-0.15, -0.1) is 0 Å². The molecule has 3 atom stereocenters. The van der Waals surface area contributed by atoms with Crippen LogP contribution >= 0.6 is 0 Å². The van der Waals surface area contributed by atoms with Crippen LogP contribution in [0.2, 0.25) is 0 Å². The molecule has 0 saturated carbocycles. The predicted molar refractivity (Wildman–Crippen MR) is 111 cm³/mol. The predicted octanol–water partition coefficient (Wildman–Crippen LogP) is 2.59. The van der Waals surface area contributed by atoms with E-state index in [0.717, 1.165) is 30.5 Å². The largest absolute Gasteiger partial charge is 0.394 e. The first kappa shape index (κ1) is 19.7. The molecule has 160 valence electrons. The van der Waals surface area contributed by atoms with Crippen LogP contribution in [0.15, 0.2) is 24.3 Å². The zero-order valence-electron chi connectivity index (χ0n) is 17.3. The summed E-state index contributed by atoms with van der Waals surface area (Å²) in [5.41, 5.74) is 6.40. The van der Waals surface area contributed by atoms with E-state index >= 15 is 0 Å². The molecule has 3 heterocycles. The highest BCUT2D eigenvalue weighted by Crippen LogP contribution is 2.44. The highest BCUT2D eigenvalue weighted by atomic mass is 19.3. The number of fused-ring (bicyclic) bond motifs is 5. The van der Waals surface area contributed by atoms with Crippen molar-refractivity contribution < 1.29 is 18.7 Å². The van der Waals surface area contributed by atoms with E-state index < -0.39 is 30.4 Å².